The molecular weight excluding hydrogens is 148 g/mol. The van der Waals surface area contributed by atoms with Crippen molar-refractivity contribution in [2.45, 2.75) is 26.3 Å². The van der Waals surface area contributed by atoms with E-state index in [0.717, 1.165) is 13.1 Å². The Morgan fingerprint density at radius 3 is 2.08 bits per heavy atom. The minimum absolute atomic E-state index is 0.331. The van der Waals surface area contributed by atoms with Gasteiger partial charge in [0.25, 0.3) is 0 Å². The highest BCUT2D eigenvalue weighted by molar-refractivity contribution is 5.19. The highest BCUT2D eigenvalue weighted by atomic mass is 15.2. The van der Waals surface area contributed by atoms with Gasteiger partial charge in [0, 0.05) is 24.5 Å². The summed E-state index contributed by atoms with van der Waals surface area (Å²) in [4.78, 5) is 0. The number of rotatable bonds is 1. The molecule has 12 heavy (non-hydrogen) atoms. The predicted molar refractivity (Wildman–Crippen MR) is 50.4 cm³/mol. The molecule has 2 heteroatoms. The van der Waals surface area contributed by atoms with Crippen LogP contribution in [0.4, 0.5) is 0 Å². The molecule has 0 spiro atoms. The fourth-order valence-electron chi connectivity index (χ4n) is 2.16. The van der Waals surface area contributed by atoms with Gasteiger partial charge in [-0.1, -0.05) is 0 Å². The Balaban J connectivity index is 2.44. The van der Waals surface area contributed by atoms with E-state index < -0.39 is 0 Å². The topological polar surface area (TPSA) is 17.0 Å². The lowest BCUT2D eigenvalue weighted by atomic mass is 9.94. The largest absolute Gasteiger partial charge is 0.341 e. The Morgan fingerprint density at radius 2 is 1.75 bits per heavy atom. The molecule has 2 rings (SSSR count). The summed E-state index contributed by atoms with van der Waals surface area (Å²) in [6.45, 7) is 8.86. The standard InChI is InChI=1S/C10H16N2/c1-8-4-5-9(2)12(8)10(3)6-11-7-10/h4-5,11H,6-7H2,1-3H3. The summed E-state index contributed by atoms with van der Waals surface area (Å²) in [6.07, 6.45) is 0. The molecule has 2 nitrogen and oxygen atoms in total. The zero-order valence-corrected chi connectivity index (χ0v) is 8.02. The maximum Gasteiger partial charge on any atom is 0.0664 e. The van der Waals surface area contributed by atoms with Gasteiger partial charge in [-0.3, -0.25) is 0 Å². The van der Waals surface area contributed by atoms with Crippen molar-refractivity contribution in [2.75, 3.05) is 13.1 Å². The zero-order valence-electron chi connectivity index (χ0n) is 8.02. The molecule has 0 aliphatic carbocycles. The molecule has 1 aromatic rings. The van der Waals surface area contributed by atoms with E-state index in [4.69, 9.17) is 0 Å². The van der Waals surface area contributed by atoms with Gasteiger partial charge in [-0.05, 0) is 32.9 Å². The van der Waals surface area contributed by atoms with Crippen LogP contribution >= 0.6 is 0 Å². The van der Waals surface area contributed by atoms with E-state index in [-0.39, 0.29) is 0 Å². The average Bonchev–Trinajstić information content (AvgIpc) is 2.27. The molecule has 1 fully saturated rings. The van der Waals surface area contributed by atoms with Crippen LogP contribution in [0.1, 0.15) is 18.3 Å². The maximum absolute atomic E-state index is 3.32. The van der Waals surface area contributed by atoms with E-state index in [0.29, 0.717) is 5.54 Å². The van der Waals surface area contributed by atoms with Crippen LogP contribution in [0.5, 0.6) is 0 Å². The third-order valence-electron chi connectivity index (χ3n) is 2.82. The van der Waals surface area contributed by atoms with Crippen molar-refractivity contribution < 1.29 is 0 Å². The van der Waals surface area contributed by atoms with Crippen molar-refractivity contribution in [3.05, 3.63) is 23.5 Å². The van der Waals surface area contributed by atoms with Crippen molar-refractivity contribution in [3.63, 3.8) is 0 Å². The molecule has 1 aromatic heterocycles. The van der Waals surface area contributed by atoms with E-state index >= 15 is 0 Å². The van der Waals surface area contributed by atoms with Gasteiger partial charge in [-0.25, -0.2) is 0 Å². The van der Waals surface area contributed by atoms with Crippen LogP contribution in [0.2, 0.25) is 0 Å². The molecule has 1 aliphatic rings. The molecule has 1 saturated heterocycles. The van der Waals surface area contributed by atoms with Crippen LogP contribution in [0, 0.1) is 13.8 Å². The lowest BCUT2D eigenvalue weighted by Gasteiger charge is -2.42. The molecule has 0 saturated carbocycles. The maximum atomic E-state index is 3.32. The van der Waals surface area contributed by atoms with Gasteiger partial charge >= 0.3 is 0 Å². The van der Waals surface area contributed by atoms with Crippen molar-refractivity contribution in [1.29, 1.82) is 0 Å². The number of hydrogen-bond donors (Lipinski definition) is 1. The molecule has 1 aliphatic heterocycles. The van der Waals surface area contributed by atoms with Crippen molar-refractivity contribution in [3.8, 4) is 0 Å². The fourth-order valence-corrected chi connectivity index (χ4v) is 2.16. The molecule has 0 bridgehead atoms. The molecule has 2 heterocycles. The highest BCUT2D eigenvalue weighted by Gasteiger charge is 2.34. The molecule has 66 valence electrons. The van der Waals surface area contributed by atoms with Gasteiger partial charge in [-0.15, -0.1) is 0 Å². The first-order valence-corrected chi connectivity index (χ1v) is 4.50. The Hall–Kier alpha value is -0.760. The second kappa shape index (κ2) is 2.36. The Labute approximate surface area is 73.6 Å². The van der Waals surface area contributed by atoms with Gasteiger partial charge in [0.2, 0.25) is 0 Å². The lowest BCUT2D eigenvalue weighted by Crippen LogP contribution is -2.59. The van der Waals surface area contributed by atoms with Crippen LogP contribution < -0.4 is 5.32 Å². The second-order valence-electron chi connectivity index (χ2n) is 4.05. The normalized spacial score (nSPS) is 20.6. The van der Waals surface area contributed by atoms with Gasteiger partial charge in [0.15, 0.2) is 0 Å². The predicted octanol–water partition coefficient (Wildman–Crippen LogP) is 1.42. The monoisotopic (exact) mass is 164 g/mol. The smallest absolute Gasteiger partial charge is 0.0664 e. The summed E-state index contributed by atoms with van der Waals surface area (Å²) in [5.41, 5.74) is 3.07. The van der Waals surface area contributed by atoms with Crippen LogP contribution in [0.15, 0.2) is 12.1 Å². The SMILES string of the molecule is Cc1ccc(C)n1C1(C)CNC1. The summed E-state index contributed by atoms with van der Waals surface area (Å²) < 4.78 is 2.43. The molecule has 0 amide bonds. The van der Waals surface area contributed by atoms with Crippen molar-refractivity contribution in [1.82, 2.24) is 9.88 Å². The van der Waals surface area contributed by atoms with Gasteiger partial charge in [-0.2, -0.15) is 0 Å². The Kier molecular flexibility index (Phi) is 1.55. The minimum atomic E-state index is 0.331. The van der Waals surface area contributed by atoms with Crippen LogP contribution in [0.25, 0.3) is 0 Å². The molecule has 0 radical (unpaired) electrons. The van der Waals surface area contributed by atoms with Crippen LogP contribution in [-0.2, 0) is 5.54 Å². The van der Waals surface area contributed by atoms with E-state index in [1.165, 1.54) is 11.4 Å². The number of hydrogen-bond acceptors (Lipinski definition) is 1. The van der Waals surface area contributed by atoms with E-state index in [1.807, 2.05) is 0 Å². The first-order valence-electron chi connectivity index (χ1n) is 4.50. The van der Waals surface area contributed by atoms with Gasteiger partial charge in [0.05, 0.1) is 5.54 Å². The summed E-state index contributed by atoms with van der Waals surface area (Å²) in [6, 6.07) is 4.39. The second-order valence-corrected chi connectivity index (χ2v) is 4.05. The quantitative estimate of drug-likeness (QED) is 0.664. The van der Waals surface area contributed by atoms with Gasteiger partial charge < -0.3 is 9.88 Å². The van der Waals surface area contributed by atoms with Crippen molar-refractivity contribution >= 4 is 0 Å². The Morgan fingerprint density at radius 1 is 1.25 bits per heavy atom. The van der Waals surface area contributed by atoms with E-state index in [9.17, 15) is 0 Å². The molecule has 0 aromatic carbocycles. The number of aryl methyl sites for hydroxylation is 2. The van der Waals surface area contributed by atoms with E-state index in [1.54, 1.807) is 0 Å². The first kappa shape index (κ1) is 7.87. The van der Waals surface area contributed by atoms with Crippen LogP contribution in [-0.4, -0.2) is 17.7 Å². The van der Waals surface area contributed by atoms with Crippen LogP contribution in [0.3, 0.4) is 0 Å². The zero-order chi connectivity index (χ0) is 8.77. The minimum Gasteiger partial charge on any atom is -0.341 e. The summed E-state index contributed by atoms with van der Waals surface area (Å²) >= 11 is 0. The summed E-state index contributed by atoms with van der Waals surface area (Å²) in [5.74, 6) is 0. The molecule has 0 unspecified atom stereocenters. The number of aromatic nitrogens is 1. The Bertz CT molecular complexity index is 275. The molecular formula is C10H16N2. The highest BCUT2D eigenvalue weighted by Crippen LogP contribution is 2.25. The fraction of sp³-hybridized carbons (Fsp3) is 0.600. The third kappa shape index (κ3) is 0.911. The van der Waals surface area contributed by atoms with Gasteiger partial charge in [0.1, 0.15) is 0 Å². The summed E-state index contributed by atoms with van der Waals surface area (Å²) in [5, 5.41) is 3.32. The van der Waals surface area contributed by atoms with Crippen molar-refractivity contribution in [2.24, 2.45) is 0 Å². The third-order valence-corrected chi connectivity index (χ3v) is 2.82. The first-order chi connectivity index (χ1) is 5.63. The molecule has 1 N–H and O–H groups in total. The van der Waals surface area contributed by atoms with E-state index in [2.05, 4.69) is 42.8 Å². The number of nitrogens with zero attached hydrogens (tertiary/aromatic N) is 1. The number of nitrogens with one attached hydrogen (secondary N) is 1. The summed E-state index contributed by atoms with van der Waals surface area (Å²) in [7, 11) is 0. The average molecular weight is 164 g/mol. The molecule has 0 atom stereocenters. The lowest BCUT2D eigenvalue weighted by molar-refractivity contribution is 0.195.